The van der Waals surface area contributed by atoms with Crippen molar-refractivity contribution in [3.05, 3.63) is 23.8 Å². The van der Waals surface area contributed by atoms with Crippen molar-refractivity contribution in [1.29, 1.82) is 0 Å². The van der Waals surface area contributed by atoms with E-state index in [1.165, 1.54) is 0 Å². The van der Waals surface area contributed by atoms with E-state index in [1.807, 2.05) is 19.1 Å². The third-order valence-corrected chi connectivity index (χ3v) is 2.74. The number of methoxy groups -OCH3 is 2. The maximum absolute atomic E-state index is 11.0. The third-order valence-electron chi connectivity index (χ3n) is 2.74. The standard InChI is InChI=1S/C13H18O4/c1-4-10(13(14)15)5-9-6-11(16-2)8-12(7-9)17-3/h6-8,10H,4-5H2,1-3H3,(H,14,15)/t10-/m1/s1. The van der Waals surface area contributed by atoms with Crippen molar-refractivity contribution in [3.63, 3.8) is 0 Å². The van der Waals surface area contributed by atoms with Crippen molar-refractivity contribution >= 4 is 5.97 Å². The van der Waals surface area contributed by atoms with Crippen LogP contribution in [0.5, 0.6) is 11.5 Å². The molecule has 0 saturated carbocycles. The Kier molecular flexibility index (Phi) is 4.82. The quantitative estimate of drug-likeness (QED) is 0.826. The van der Waals surface area contributed by atoms with Gasteiger partial charge >= 0.3 is 5.97 Å². The van der Waals surface area contributed by atoms with E-state index in [0.717, 1.165) is 5.56 Å². The second-order valence-corrected chi connectivity index (χ2v) is 3.87. The van der Waals surface area contributed by atoms with Gasteiger partial charge in [0.2, 0.25) is 0 Å². The lowest BCUT2D eigenvalue weighted by molar-refractivity contribution is -0.141. The summed E-state index contributed by atoms with van der Waals surface area (Å²) in [5.74, 6) is 0.222. The van der Waals surface area contributed by atoms with Crippen LogP contribution in [0.4, 0.5) is 0 Å². The molecule has 0 unspecified atom stereocenters. The fraction of sp³-hybridized carbons (Fsp3) is 0.462. The molecule has 0 aliphatic rings. The van der Waals surface area contributed by atoms with Crippen LogP contribution in [0.2, 0.25) is 0 Å². The molecule has 17 heavy (non-hydrogen) atoms. The van der Waals surface area contributed by atoms with Gasteiger partial charge in [0.15, 0.2) is 0 Å². The highest BCUT2D eigenvalue weighted by atomic mass is 16.5. The first-order valence-electron chi connectivity index (χ1n) is 5.55. The molecular formula is C13H18O4. The number of rotatable bonds is 6. The van der Waals surface area contributed by atoms with Crippen molar-refractivity contribution in [2.45, 2.75) is 19.8 Å². The van der Waals surface area contributed by atoms with Crippen molar-refractivity contribution in [3.8, 4) is 11.5 Å². The van der Waals surface area contributed by atoms with Crippen LogP contribution in [0.1, 0.15) is 18.9 Å². The van der Waals surface area contributed by atoms with Crippen LogP contribution in [0.3, 0.4) is 0 Å². The van der Waals surface area contributed by atoms with E-state index < -0.39 is 5.97 Å². The molecule has 1 rings (SSSR count). The molecule has 0 aromatic heterocycles. The Morgan fingerprint density at radius 3 is 2.12 bits per heavy atom. The van der Waals surface area contributed by atoms with Gasteiger partial charge in [-0.05, 0) is 30.5 Å². The molecule has 1 N–H and O–H groups in total. The van der Waals surface area contributed by atoms with Crippen LogP contribution in [-0.4, -0.2) is 25.3 Å². The Labute approximate surface area is 101 Å². The Morgan fingerprint density at radius 1 is 1.24 bits per heavy atom. The van der Waals surface area contributed by atoms with Crippen LogP contribution >= 0.6 is 0 Å². The highest BCUT2D eigenvalue weighted by Gasteiger charge is 2.16. The first-order chi connectivity index (χ1) is 8.10. The third kappa shape index (κ3) is 3.66. The number of ether oxygens (including phenoxy) is 2. The van der Waals surface area contributed by atoms with Gasteiger partial charge in [-0.1, -0.05) is 6.92 Å². The minimum atomic E-state index is -0.769. The predicted molar refractivity (Wildman–Crippen MR) is 64.7 cm³/mol. The van der Waals surface area contributed by atoms with Gasteiger partial charge in [-0.2, -0.15) is 0 Å². The molecule has 94 valence electrons. The van der Waals surface area contributed by atoms with Gasteiger partial charge in [-0.25, -0.2) is 0 Å². The van der Waals surface area contributed by atoms with Gasteiger partial charge in [0, 0.05) is 6.07 Å². The second kappa shape index (κ2) is 6.13. The monoisotopic (exact) mass is 238 g/mol. The van der Waals surface area contributed by atoms with Crippen molar-refractivity contribution in [2.24, 2.45) is 5.92 Å². The first kappa shape index (κ1) is 13.4. The van der Waals surface area contributed by atoms with E-state index in [4.69, 9.17) is 14.6 Å². The molecule has 4 nitrogen and oxygen atoms in total. The predicted octanol–water partition coefficient (Wildman–Crippen LogP) is 2.36. The summed E-state index contributed by atoms with van der Waals surface area (Å²) in [5, 5.41) is 9.03. The summed E-state index contributed by atoms with van der Waals surface area (Å²) in [6.45, 7) is 1.87. The normalized spacial score (nSPS) is 11.9. The molecule has 0 aliphatic heterocycles. The molecule has 0 aliphatic carbocycles. The summed E-state index contributed by atoms with van der Waals surface area (Å²) in [4.78, 5) is 11.0. The number of benzene rings is 1. The average Bonchev–Trinajstić information content (AvgIpc) is 2.34. The summed E-state index contributed by atoms with van der Waals surface area (Å²) >= 11 is 0. The Morgan fingerprint density at radius 2 is 1.76 bits per heavy atom. The zero-order valence-electron chi connectivity index (χ0n) is 10.4. The Bertz CT molecular complexity index is 365. The van der Waals surface area contributed by atoms with Crippen LogP contribution in [0.25, 0.3) is 0 Å². The molecule has 1 atom stereocenters. The molecule has 0 fully saturated rings. The first-order valence-corrected chi connectivity index (χ1v) is 5.55. The van der Waals surface area contributed by atoms with Crippen LogP contribution in [-0.2, 0) is 11.2 Å². The number of aliphatic carboxylic acids is 1. The number of carboxylic acid groups (broad SMARTS) is 1. The fourth-order valence-electron chi connectivity index (χ4n) is 1.68. The average molecular weight is 238 g/mol. The molecule has 0 saturated heterocycles. The molecule has 1 aromatic rings. The van der Waals surface area contributed by atoms with E-state index in [-0.39, 0.29) is 5.92 Å². The highest BCUT2D eigenvalue weighted by molar-refractivity contribution is 5.70. The van der Waals surface area contributed by atoms with Gasteiger partial charge in [-0.3, -0.25) is 4.79 Å². The molecule has 0 heterocycles. The van der Waals surface area contributed by atoms with Gasteiger partial charge in [0.25, 0.3) is 0 Å². The van der Waals surface area contributed by atoms with Crippen molar-refractivity contribution < 1.29 is 19.4 Å². The lowest BCUT2D eigenvalue weighted by atomic mass is 9.97. The Hall–Kier alpha value is -1.71. The number of carboxylic acids is 1. The maximum atomic E-state index is 11.0. The molecule has 1 aromatic carbocycles. The minimum absolute atomic E-state index is 0.369. The molecule has 0 amide bonds. The minimum Gasteiger partial charge on any atom is -0.497 e. The van der Waals surface area contributed by atoms with E-state index in [9.17, 15) is 4.79 Å². The van der Waals surface area contributed by atoms with Crippen LogP contribution < -0.4 is 9.47 Å². The lowest BCUT2D eigenvalue weighted by Crippen LogP contribution is -2.15. The maximum Gasteiger partial charge on any atom is 0.306 e. The summed E-state index contributed by atoms with van der Waals surface area (Å²) in [6.07, 6.45) is 1.09. The fourth-order valence-corrected chi connectivity index (χ4v) is 1.68. The number of hydrogen-bond acceptors (Lipinski definition) is 3. The van der Waals surface area contributed by atoms with Gasteiger partial charge in [-0.15, -0.1) is 0 Å². The summed E-state index contributed by atoms with van der Waals surface area (Å²) < 4.78 is 10.3. The van der Waals surface area contributed by atoms with Gasteiger partial charge in [0.1, 0.15) is 11.5 Å². The van der Waals surface area contributed by atoms with Gasteiger partial charge in [0.05, 0.1) is 20.1 Å². The van der Waals surface area contributed by atoms with Crippen LogP contribution in [0.15, 0.2) is 18.2 Å². The molecule has 0 spiro atoms. The number of hydrogen-bond donors (Lipinski definition) is 1. The Balaban J connectivity index is 2.92. The summed E-state index contributed by atoms with van der Waals surface area (Å²) in [6, 6.07) is 5.45. The van der Waals surface area contributed by atoms with E-state index >= 15 is 0 Å². The SMILES string of the molecule is CC[C@H](Cc1cc(OC)cc(OC)c1)C(=O)O. The van der Waals surface area contributed by atoms with E-state index in [2.05, 4.69) is 0 Å². The number of carbonyl (C=O) groups is 1. The zero-order chi connectivity index (χ0) is 12.8. The van der Waals surface area contributed by atoms with E-state index in [0.29, 0.717) is 24.3 Å². The summed E-state index contributed by atoms with van der Waals surface area (Å²) in [7, 11) is 3.15. The topological polar surface area (TPSA) is 55.8 Å². The van der Waals surface area contributed by atoms with Crippen molar-refractivity contribution in [2.75, 3.05) is 14.2 Å². The highest BCUT2D eigenvalue weighted by Crippen LogP contribution is 2.24. The summed E-state index contributed by atoms with van der Waals surface area (Å²) in [5.41, 5.74) is 0.912. The smallest absolute Gasteiger partial charge is 0.306 e. The largest absolute Gasteiger partial charge is 0.497 e. The van der Waals surface area contributed by atoms with Gasteiger partial charge < -0.3 is 14.6 Å². The second-order valence-electron chi connectivity index (χ2n) is 3.87. The molecule has 4 heteroatoms. The zero-order valence-corrected chi connectivity index (χ0v) is 10.4. The lowest BCUT2D eigenvalue weighted by Gasteiger charge is -2.12. The van der Waals surface area contributed by atoms with Crippen LogP contribution in [0, 0.1) is 5.92 Å². The molecular weight excluding hydrogens is 220 g/mol. The molecule has 0 bridgehead atoms. The van der Waals surface area contributed by atoms with E-state index in [1.54, 1.807) is 20.3 Å². The van der Waals surface area contributed by atoms with Crippen molar-refractivity contribution in [1.82, 2.24) is 0 Å². The molecule has 0 radical (unpaired) electrons.